The Morgan fingerprint density at radius 2 is 2.27 bits per heavy atom. The highest BCUT2D eigenvalue weighted by Crippen LogP contribution is 2.34. The quantitative estimate of drug-likeness (QED) is 0.487. The minimum Gasteiger partial charge on any atom is -0.466 e. The molecule has 4 heteroatoms. The molecule has 1 rings (SSSR count). The summed E-state index contributed by atoms with van der Waals surface area (Å²) in [5, 5.41) is 0. The predicted octanol–water partition coefficient (Wildman–Crippen LogP) is 1.45. The van der Waals surface area contributed by atoms with E-state index in [1.165, 1.54) is 7.11 Å². The number of hydrogen-bond donors (Lipinski definition) is 0. The zero-order valence-electron chi connectivity index (χ0n) is 9.49. The van der Waals surface area contributed by atoms with Gasteiger partial charge in [0, 0.05) is 11.5 Å². The molecule has 0 aliphatic carbocycles. The van der Waals surface area contributed by atoms with E-state index in [4.69, 9.17) is 4.74 Å². The van der Waals surface area contributed by atoms with Crippen molar-refractivity contribution in [1.82, 2.24) is 0 Å². The zero-order chi connectivity index (χ0) is 11.6. The van der Waals surface area contributed by atoms with Crippen molar-refractivity contribution in [1.29, 1.82) is 0 Å². The van der Waals surface area contributed by atoms with Gasteiger partial charge in [-0.3, -0.25) is 0 Å². The molecule has 2 atom stereocenters. The Morgan fingerprint density at radius 3 is 2.73 bits per heavy atom. The van der Waals surface area contributed by atoms with E-state index in [0.29, 0.717) is 12.0 Å². The Kier molecular flexibility index (Phi) is 3.17. The highest BCUT2D eigenvalue weighted by atomic mass is 16.6. The van der Waals surface area contributed by atoms with Crippen LogP contribution in [0.4, 0.5) is 0 Å². The molecule has 0 radical (unpaired) electrons. The second-order valence-corrected chi connectivity index (χ2v) is 3.91. The molecule has 84 valence electrons. The molecule has 1 saturated heterocycles. The molecule has 15 heavy (non-hydrogen) atoms. The predicted molar refractivity (Wildman–Crippen MR) is 54.1 cm³/mol. The molecule has 1 fully saturated rings. The van der Waals surface area contributed by atoms with Gasteiger partial charge in [-0.05, 0) is 20.3 Å². The first-order valence-electron chi connectivity index (χ1n) is 4.92. The van der Waals surface area contributed by atoms with Crippen molar-refractivity contribution in [2.45, 2.75) is 32.8 Å². The minimum atomic E-state index is -1.15. The fourth-order valence-electron chi connectivity index (χ4n) is 1.65. The number of carbonyl (C=O) groups is 2. The van der Waals surface area contributed by atoms with Gasteiger partial charge in [-0.2, -0.15) is 0 Å². The summed E-state index contributed by atoms with van der Waals surface area (Å²) in [6.07, 6.45) is 2.26. The van der Waals surface area contributed by atoms with Crippen molar-refractivity contribution in [2.75, 3.05) is 7.11 Å². The number of rotatable bonds is 1. The van der Waals surface area contributed by atoms with Crippen LogP contribution in [0.5, 0.6) is 0 Å². The van der Waals surface area contributed by atoms with E-state index in [-0.39, 0.29) is 5.92 Å². The fraction of sp³-hybridized carbons (Fsp3) is 0.636. The standard InChI is InChI=1S/C11H16O4/c1-5-8-6-7(2)11(3,10(13)14-4)15-9(8)12/h5,7H,6H2,1-4H3/b8-5+/t7-,11+/m1/s1. The maximum Gasteiger partial charge on any atom is 0.350 e. The average molecular weight is 212 g/mol. The van der Waals surface area contributed by atoms with Crippen molar-refractivity contribution < 1.29 is 19.1 Å². The summed E-state index contributed by atoms with van der Waals surface area (Å²) in [5.41, 5.74) is -0.540. The van der Waals surface area contributed by atoms with Crippen molar-refractivity contribution in [3.8, 4) is 0 Å². The number of cyclic esters (lactones) is 1. The SMILES string of the molecule is C/C=C1\C[C@@H](C)[C@@](C)(C(=O)OC)OC1=O. The molecule has 0 aromatic heterocycles. The van der Waals surface area contributed by atoms with E-state index >= 15 is 0 Å². The Balaban J connectivity index is 2.96. The molecule has 0 aromatic carbocycles. The van der Waals surface area contributed by atoms with Crippen LogP contribution < -0.4 is 0 Å². The summed E-state index contributed by atoms with van der Waals surface area (Å²) in [7, 11) is 1.29. The van der Waals surface area contributed by atoms with Crippen LogP contribution in [0.25, 0.3) is 0 Å². The summed E-state index contributed by atoms with van der Waals surface area (Å²) in [6.45, 7) is 5.24. The van der Waals surface area contributed by atoms with Gasteiger partial charge in [-0.15, -0.1) is 0 Å². The van der Waals surface area contributed by atoms with Gasteiger partial charge >= 0.3 is 11.9 Å². The molecular weight excluding hydrogens is 196 g/mol. The number of allylic oxidation sites excluding steroid dienone is 1. The fourth-order valence-corrected chi connectivity index (χ4v) is 1.65. The lowest BCUT2D eigenvalue weighted by molar-refractivity contribution is -0.186. The Labute approximate surface area is 89.2 Å². The second kappa shape index (κ2) is 4.04. The average Bonchev–Trinajstić information content (AvgIpc) is 2.22. The third-order valence-corrected chi connectivity index (χ3v) is 2.97. The van der Waals surface area contributed by atoms with Crippen molar-refractivity contribution in [2.24, 2.45) is 5.92 Å². The van der Waals surface area contributed by atoms with Crippen molar-refractivity contribution in [3.63, 3.8) is 0 Å². The van der Waals surface area contributed by atoms with Crippen LogP contribution in [-0.4, -0.2) is 24.6 Å². The highest BCUT2D eigenvalue weighted by Gasteiger charge is 2.48. The molecule has 0 aromatic rings. The Morgan fingerprint density at radius 1 is 1.67 bits per heavy atom. The number of methoxy groups -OCH3 is 1. The monoisotopic (exact) mass is 212 g/mol. The molecule has 0 saturated carbocycles. The van der Waals surface area contributed by atoms with Gasteiger partial charge in [0.15, 0.2) is 0 Å². The Bertz CT molecular complexity index is 319. The van der Waals surface area contributed by atoms with Gasteiger partial charge in [0.2, 0.25) is 5.60 Å². The van der Waals surface area contributed by atoms with Gasteiger partial charge in [0.25, 0.3) is 0 Å². The summed E-state index contributed by atoms with van der Waals surface area (Å²) in [6, 6.07) is 0. The first kappa shape index (κ1) is 11.8. The van der Waals surface area contributed by atoms with E-state index in [1.54, 1.807) is 19.9 Å². The third-order valence-electron chi connectivity index (χ3n) is 2.97. The number of esters is 2. The molecule has 0 bridgehead atoms. The lowest BCUT2D eigenvalue weighted by Gasteiger charge is -2.36. The first-order chi connectivity index (χ1) is 6.95. The van der Waals surface area contributed by atoms with E-state index in [9.17, 15) is 9.59 Å². The molecule has 0 amide bonds. The van der Waals surface area contributed by atoms with Crippen LogP contribution in [-0.2, 0) is 19.1 Å². The van der Waals surface area contributed by atoms with E-state index < -0.39 is 17.5 Å². The summed E-state index contributed by atoms with van der Waals surface area (Å²) >= 11 is 0. The second-order valence-electron chi connectivity index (χ2n) is 3.91. The molecular formula is C11H16O4. The highest BCUT2D eigenvalue weighted by molar-refractivity contribution is 5.93. The summed E-state index contributed by atoms with van der Waals surface area (Å²) in [4.78, 5) is 23.0. The van der Waals surface area contributed by atoms with E-state index in [0.717, 1.165) is 0 Å². The van der Waals surface area contributed by atoms with Gasteiger partial charge in [-0.1, -0.05) is 13.0 Å². The number of hydrogen-bond acceptors (Lipinski definition) is 4. The first-order valence-corrected chi connectivity index (χ1v) is 4.92. The van der Waals surface area contributed by atoms with Crippen LogP contribution in [0.2, 0.25) is 0 Å². The summed E-state index contributed by atoms with van der Waals surface area (Å²) in [5.74, 6) is -1.00. The van der Waals surface area contributed by atoms with E-state index in [2.05, 4.69) is 4.74 Å². The maximum atomic E-state index is 11.5. The third kappa shape index (κ3) is 1.89. The zero-order valence-corrected chi connectivity index (χ0v) is 9.49. The van der Waals surface area contributed by atoms with Crippen LogP contribution >= 0.6 is 0 Å². The summed E-state index contributed by atoms with van der Waals surface area (Å²) < 4.78 is 9.81. The van der Waals surface area contributed by atoms with Crippen LogP contribution in [0.3, 0.4) is 0 Å². The largest absolute Gasteiger partial charge is 0.466 e. The van der Waals surface area contributed by atoms with Crippen molar-refractivity contribution in [3.05, 3.63) is 11.6 Å². The molecule has 1 aliphatic heterocycles. The van der Waals surface area contributed by atoms with Crippen molar-refractivity contribution >= 4 is 11.9 Å². The van der Waals surface area contributed by atoms with Gasteiger partial charge in [0.1, 0.15) is 0 Å². The van der Waals surface area contributed by atoms with Crippen LogP contribution in [0.1, 0.15) is 27.2 Å². The molecule has 4 nitrogen and oxygen atoms in total. The minimum absolute atomic E-state index is 0.0751. The van der Waals surface area contributed by atoms with Gasteiger partial charge in [-0.25, -0.2) is 9.59 Å². The molecule has 0 N–H and O–H groups in total. The van der Waals surface area contributed by atoms with Crippen LogP contribution in [0, 0.1) is 5.92 Å². The molecule has 0 spiro atoms. The van der Waals surface area contributed by atoms with E-state index in [1.807, 2.05) is 6.92 Å². The number of ether oxygens (including phenoxy) is 2. The molecule has 0 unspecified atom stereocenters. The van der Waals surface area contributed by atoms with Gasteiger partial charge in [0.05, 0.1) is 7.11 Å². The Hall–Kier alpha value is -1.32. The molecule has 1 heterocycles. The topological polar surface area (TPSA) is 52.6 Å². The normalized spacial score (nSPS) is 33.7. The number of carbonyl (C=O) groups excluding carboxylic acids is 2. The smallest absolute Gasteiger partial charge is 0.350 e. The lowest BCUT2D eigenvalue weighted by atomic mass is 9.82. The van der Waals surface area contributed by atoms with Crippen LogP contribution in [0.15, 0.2) is 11.6 Å². The van der Waals surface area contributed by atoms with Gasteiger partial charge < -0.3 is 9.47 Å². The lowest BCUT2D eigenvalue weighted by Crippen LogP contribution is -2.50. The maximum absolute atomic E-state index is 11.5. The molecule has 1 aliphatic rings.